The van der Waals surface area contributed by atoms with E-state index in [1.165, 1.54) is 0 Å². The highest BCUT2D eigenvalue weighted by Crippen LogP contribution is 2.29. The zero-order valence-corrected chi connectivity index (χ0v) is 9.80. The first kappa shape index (κ1) is 16.1. The minimum absolute atomic E-state index is 0.326. The first-order valence-corrected chi connectivity index (χ1v) is 4.94. The number of hydrogen-bond acceptors (Lipinski definition) is 4. The number of esters is 1. The number of carbonyl (C=O) groups is 1. The molecule has 0 aromatic carbocycles. The number of alkyl halides is 5. The number of hydrogen-bond donors (Lipinski definition) is 0. The van der Waals surface area contributed by atoms with Crippen molar-refractivity contribution in [2.45, 2.75) is 19.2 Å². The van der Waals surface area contributed by atoms with Crippen LogP contribution in [0.25, 0.3) is 0 Å². The van der Waals surface area contributed by atoms with Crippen LogP contribution in [0.2, 0.25) is 0 Å². The normalized spacial score (nSPS) is 11.6. The highest BCUT2D eigenvalue weighted by atomic mass is 19.4. The summed E-state index contributed by atoms with van der Waals surface area (Å²) in [6.07, 6.45) is -9.35. The van der Waals surface area contributed by atoms with Crippen LogP contribution < -0.4 is 4.74 Å². The van der Waals surface area contributed by atoms with Crippen LogP contribution >= 0.6 is 0 Å². The molecule has 0 aliphatic rings. The second-order valence-electron chi connectivity index (χ2n) is 3.42. The Balaban J connectivity index is 3.21. The lowest BCUT2D eigenvalue weighted by molar-refractivity contribution is -0.277. The van der Waals surface area contributed by atoms with Crippen LogP contribution in [0.3, 0.4) is 0 Å². The Kier molecular flexibility index (Phi) is 4.79. The van der Waals surface area contributed by atoms with Crippen molar-refractivity contribution in [2.75, 3.05) is 7.11 Å². The molecule has 0 saturated heterocycles. The summed E-state index contributed by atoms with van der Waals surface area (Å²) in [6, 6.07) is 0.326. The van der Waals surface area contributed by atoms with Gasteiger partial charge in [0, 0.05) is 0 Å². The summed E-state index contributed by atoms with van der Waals surface area (Å²) < 4.78 is 81.8. The molecule has 1 aromatic rings. The van der Waals surface area contributed by atoms with Crippen LogP contribution in [0.15, 0.2) is 6.07 Å². The highest BCUT2D eigenvalue weighted by molar-refractivity contribution is 5.72. The first-order valence-electron chi connectivity index (χ1n) is 4.94. The molecule has 0 aliphatic heterocycles. The predicted molar refractivity (Wildman–Crippen MR) is 51.6 cm³/mol. The van der Waals surface area contributed by atoms with Gasteiger partial charge >= 0.3 is 12.3 Å². The number of nitrogens with zero attached hydrogens (tertiary/aromatic N) is 1. The van der Waals surface area contributed by atoms with Gasteiger partial charge in [-0.2, -0.15) is 0 Å². The Labute approximate surface area is 108 Å². The molecule has 1 rings (SSSR count). The average Bonchev–Trinajstić information content (AvgIpc) is 2.30. The second-order valence-corrected chi connectivity index (χ2v) is 3.42. The number of rotatable bonds is 4. The number of ether oxygens (including phenoxy) is 2. The zero-order chi connectivity index (χ0) is 15.5. The summed E-state index contributed by atoms with van der Waals surface area (Å²) >= 11 is 0. The third-order valence-corrected chi connectivity index (χ3v) is 2.04. The number of aromatic nitrogens is 1. The fourth-order valence-electron chi connectivity index (χ4n) is 1.26. The molecule has 0 fully saturated rings. The van der Waals surface area contributed by atoms with Crippen molar-refractivity contribution in [2.24, 2.45) is 0 Å². The molecular weight excluding hydrogens is 296 g/mol. The Morgan fingerprint density at radius 3 is 2.45 bits per heavy atom. The lowest BCUT2D eigenvalue weighted by Crippen LogP contribution is -2.20. The standard InChI is InChI=1S/C10H7F6NO3/c1-19-6(18)3-4-2-5(11)9(20-10(14,15)16)17-7(4)8(12)13/h2,8H,3H2,1H3. The van der Waals surface area contributed by atoms with Crippen molar-refractivity contribution in [3.05, 3.63) is 23.1 Å². The molecule has 4 nitrogen and oxygen atoms in total. The van der Waals surface area contributed by atoms with Crippen LogP contribution in [-0.2, 0) is 16.0 Å². The Morgan fingerprint density at radius 1 is 1.40 bits per heavy atom. The highest BCUT2D eigenvalue weighted by Gasteiger charge is 2.34. The van der Waals surface area contributed by atoms with Crippen LogP contribution in [0.1, 0.15) is 17.7 Å². The number of halogens is 6. The Bertz CT molecular complexity index is 503. The summed E-state index contributed by atoms with van der Waals surface area (Å²) in [4.78, 5) is 13.7. The van der Waals surface area contributed by atoms with Gasteiger partial charge in [-0.1, -0.05) is 0 Å². The molecule has 10 heteroatoms. The van der Waals surface area contributed by atoms with Gasteiger partial charge in [-0.15, -0.1) is 13.2 Å². The van der Waals surface area contributed by atoms with Crippen molar-refractivity contribution in [1.29, 1.82) is 0 Å². The number of pyridine rings is 1. The summed E-state index contributed by atoms with van der Waals surface area (Å²) in [5, 5.41) is 0. The van der Waals surface area contributed by atoms with Crippen molar-refractivity contribution in [3.8, 4) is 5.88 Å². The van der Waals surface area contributed by atoms with Gasteiger partial charge in [-0.05, 0) is 11.6 Å². The fourth-order valence-corrected chi connectivity index (χ4v) is 1.26. The van der Waals surface area contributed by atoms with Crippen molar-refractivity contribution in [3.63, 3.8) is 0 Å². The fraction of sp³-hybridized carbons (Fsp3) is 0.400. The van der Waals surface area contributed by atoms with E-state index in [0.717, 1.165) is 7.11 Å². The van der Waals surface area contributed by atoms with E-state index in [-0.39, 0.29) is 0 Å². The van der Waals surface area contributed by atoms with Gasteiger partial charge in [-0.25, -0.2) is 18.2 Å². The summed E-state index contributed by atoms with van der Waals surface area (Å²) in [7, 11) is 0.968. The molecule has 0 aliphatic carbocycles. The van der Waals surface area contributed by atoms with Gasteiger partial charge in [0.05, 0.1) is 13.5 Å². The van der Waals surface area contributed by atoms with E-state index in [9.17, 15) is 31.1 Å². The van der Waals surface area contributed by atoms with Crippen molar-refractivity contribution >= 4 is 5.97 Å². The maximum atomic E-state index is 13.3. The van der Waals surface area contributed by atoms with Crippen molar-refractivity contribution in [1.82, 2.24) is 4.98 Å². The molecule has 0 saturated carbocycles. The molecule has 0 unspecified atom stereocenters. The van der Waals surface area contributed by atoms with Crippen LogP contribution in [-0.4, -0.2) is 24.4 Å². The quantitative estimate of drug-likeness (QED) is 0.634. The molecule has 0 spiro atoms. The average molecular weight is 303 g/mol. The molecule has 112 valence electrons. The maximum Gasteiger partial charge on any atom is 0.574 e. The lowest BCUT2D eigenvalue weighted by atomic mass is 10.1. The van der Waals surface area contributed by atoms with Gasteiger partial charge in [0.15, 0.2) is 5.82 Å². The SMILES string of the molecule is COC(=O)Cc1cc(F)c(OC(F)(F)F)nc1C(F)F. The summed E-state index contributed by atoms with van der Waals surface area (Å²) in [5.41, 5.74) is -1.77. The van der Waals surface area contributed by atoms with Crippen LogP contribution in [0.5, 0.6) is 5.88 Å². The van der Waals surface area contributed by atoms with Gasteiger partial charge in [-0.3, -0.25) is 4.79 Å². The molecule has 1 heterocycles. The largest absolute Gasteiger partial charge is 0.574 e. The maximum absolute atomic E-state index is 13.3. The minimum Gasteiger partial charge on any atom is -0.469 e. The van der Waals surface area contributed by atoms with Gasteiger partial charge in [0.1, 0.15) is 5.69 Å². The Morgan fingerprint density at radius 2 is 2.00 bits per heavy atom. The monoisotopic (exact) mass is 303 g/mol. The van der Waals surface area contributed by atoms with Crippen LogP contribution in [0.4, 0.5) is 26.3 Å². The molecule has 0 atom stereocenters. The molecule has 20 heavy (non-hydrogen) atoms. The predicted octanol–water partition coefficient (Wildman–Crippen LogP) is 2.77. The van der Waals surface area contributed by atoms with E-state index >= 15 is 0 Å². The molecule has 0 radical (unpaired) electrons. The molecule has 1 aromatic heterocycles. The van der Waals surface area contributed by atoms with Gasteiger partial charge in [0.25, 0.3) is 12.3 Å². The van der Waals surface area contributed by atoms with E-state index in [2.05, 4.69) is 14.5 Å². The molecule has 0 amide bonds. The van der Waals surface area contributed by atoms with Crippen LogP contribution in [0, 0.1) is 5.82 Å². The molecular formula is C10H7F6NO3. The Hall–Kier alpha value is -2.00. The summed E-state index contributed by atoms with van der Waals surface area (Å²) in [5.74, 6) is -4.23. The minimum atomic E-state index is -5.28. The lowest BCUT2D eigenvalue weighted by Gasteiger charge is -2.12. The van der Waals surface area contributed by atoms with E-state index in [1.807, 2.05) is 0 Å². The van der Waals surface area contributed by atoms with Gasteiger partial charge in [0.2, 0.25) is 0 Å². The molecule has 0 N–H and O–H groups in total. The number of carbonyl (C=O) groups excluding carboxylic acids is 1. The van der Waals surface area contributed by atoms with Crippen molar-refractivity contribution < 1.29 is 40.6 Å². The van der Waals surface area contributed by atoms with E-state index in [4.69, 9.17) is 0 Å². The first-order chi connectivity index (χ1) is 9.14. The smallest absolute Gasteiger partial charge is 0.469 e. The topological polar surface area (TPSA) is 48.4 Å². The number of methoxy groups -OCH3 is 1. The zero-order valence-electron chi connectivity index (χ0n) is 9.80. The second kappa shape index (κ2) is 5.97. The molecule has 0 bridgehead atoms. The third-order valence-electron chi connectivity index (χ3n) is 2.04. The third kappa shape index (κ3) is 4.28. The van der Waals surface area contributed by atoms with Gasteiger partial charge < -0.3 is 9.47 Å². The van der Waals surface area contributed by atoms with E-state index in [1.54, 1.807) is 0 Å². The van der Waals surface area contributed by atoms with E-state index in [0.29, 0.717) is 6.07 Å². The summed E-state index contributed by atoms with van der Waals surface area (Å²) in [6.45, 7) is 0. The van der Waals surface area contributed by atoms with E-state index < -0.39 is 48.1 Å².